The first-order valence-electron chi connectivity index (χ1n) is 12.7. The molecular weight excluding hydrogens is 500 g/mol. The number of anilines is 1. The fourth-order valence-corrected chi connectivity index (χ4v) is 6.62. The molecule has 5 heterocycles. The number of ether oxygens (including phenoxy) is 1. The fourth-order valence-electron chi connectivity index (χ4n) is 6.42. The number of benzene rings is 1. The largest absolute Gasteiger partial charge is 0.380 e. The number of aryl methyl sites for hydroxylation is 1. The minimum atomic E-state index is -2.83. The zero-order valence-electron chi connectivity index (χ0n) is 20.6. The maximum atomic E-state index is 14.9. The molecule has 3 fully saturated rings. The third kappa shape index (κ3) is 3.92. The predicted octanol–water partition coefficient (Wildman–Crippen LogP) is 4.00. The Kier molecular flexibility index (Phi) is 5.32. The first kappa shape index (κ1) is 23.4. The van der Waals surface area contributed by atoms with Gasteiger partial charge in [0.15, 0.2) is 5.82 Å². The van der Waals surface area contributed by atoms with Crippen molar-refractivity contribution in [3.63, 3.8) is 0 Å². The molecule has 1 aliphatic carbocycles. The second-order valence-corrected chi connectivity index (χ2v) is 11.6. The van der Waals surface area contributed by atoms with Crippen LogP contribution in [0.1, 0.15) is 41.7 Å². The average molecular weight is 528 g/mol. The number of aromatic nitrogens is 5. The van der Waals surface area contributed by atoms with E-state index in [1.165, 1.54) is 0 Å². The lowest BCUT2D eigenvalue weighted by Crippen LogP contribution is -2.62. The van der Waals surface area contributed by atoms with E-state index in [0.29, 0.717) is 23.9 Å². The minimum absolute atomic E-state index is 0.112. The summed E-state index contributed by atoms with van der Waals surface area (Å²) in [6.45, 7) is 4.48. The molecule has 0 atom stereocenters. The summed E-state index contributed by atoms with van der Waals surface area (Å²) in [6.07, 6.45) is 5.51. The Bertz CT molecular complexity index is 1350. The normalized spacial score (nSPS) is 21.6. The van der Waals surface area contributed by atoms with E-state index in [1.807, 2.05) is 25.1 Å². The monoisotopic (exact) mass is 527 g/mol. The summed E-state index contributed by atoms with van der Waals surface area (Å²) in [7, 11) is 0. The molecule has 0 unspecified atom stereocenters. The van der Waals surface area contributed by atoms with Crippen molar-refractivity contribution < 1.29 is 13.5 Å². The van der Waals surface area contributed by atoms with Gasteiger partial charge in [0, 0.05) is 48.4 Å². The van der Waals surface area contributed by atoms with Gasteiger partial charge in [-0.25, -0.2) is 13.8 Å². The molecule has 1 saturated carbocycles. The van der Waals surface area contributed by atoms with Crippen LogP contribution < -0.4 is 4.90 Å². The number of alkyl halides is 2. The topological polar surface area (TPSA) is 72.2 Å². The van der Waals surface area contributed by atoms with E-state index in [-0.39, 0.29) is 31.1 Å². The Hall–Kier alpha value is -2.69. The fraction of sp³-hybridized carbons (Fsp3) is 0.538. The van der Waals surface area contributed by atoms with Gasteiger partial charge in [-0.2, -0.15) is 0 Å². The molecule has 7 rings (SSSR count). The molecule has 37 heavy (non-hydrogen) atoms. The lowest BCUT2D eigenvalue weighted by Gasteiger charge is -2.59. The standard InChI is InChI=1S/C26H28ClF2N7O/c1-16-23(31-5-4-30-16)35-13-25(14-35)7-18(8-25)24-33-32-22-10-34(15-26(28,29)19-11-37-12-19)9-17-6-20(27)2-3-21(17)36(22)24/h2-6,18-19H,7-15H2,1H3. The van der Waals surface area contributed by atoms with Crippen molar-refractivity contribution in [1.29, 1.82) is 0 Å². The maximum Gasteiger partial charge on any atom is 0.267 e. The molecular formula is C26H28ClF2N7O. The highest BCUT2D eigenvalue weighted by atomic mass is 35.5. The third-order valence-corrected chi connectivity index (χ3v) is 8.63. The molecule has 3 aliphatic heterocycles. The van der Waals surface area contributed by atoms with Gasteiger partial charge in [-0.3, -0.25) is 14.5 Å². The lowest BCUT2D eigenvalue weighted by molar-refractivity contribution is -0.179. The molecule has 0 amide bonds. The van der Waals surface area contributed by atoms with Crippen molar-refractivity contribution in [3.8, 4) is 5.69 Å². The van der Waals surface area contributed by atoms with Crippen LogP contribution in [0.15, 0.2) is 30.6 Å². The number of rotatable bonds is 5. The highest BCUT2D eigenvalue weighted by Gasteiger charge is 2.55. The number of hydrogen-bond acceptors (Lipinski definition) is 7. The molecule has 11 heteroatoms. The van der Waals surface area contributed by atoms with E-state index in [0.717, 1.165) is 54.5 Å². The summed E-state index contributed by atoms with van der Waals surface area (Å²) in [5.74, 6) is -0.712. The molecule has 1 aromatic carbocycles. The molecule has 8 nitrogen and oxygen atoms in total. The van der Waals surface area contributed by atoms with E-state index >= 15 is 0 Å². The Morgan fingerprint density at radius 3 is 2.62 bits per heavy atom. The summed E-state index contributed by atoms with van der Waals surface area (Å²) < 4.78 is 37.0. The van der Waals surface area contributed by atoms with Crippen LogP contribution in [0.2, 0.25) is 5.02 Å². The second kappa shape index (κ2) is 8.41. The van der Waals surface area contributed by atoms with Crippen molar-refractivity contribution in [2.45, 2.75) is 44.7 Å². The summed E-state index contributed by atoms with van der Waals surface area (Å²) >= 11 is 6.34. The molecule has 0 bridgehead atoms. The van der Waals surface area contributed by atoms with Crippen molar-refractivity contribution in [2.24, 2.45) is 11.3 Å². The van der Waals surface area contributed by atoms with E-state index in [4.69, 9.17) is 16.3 Å². The number of halogens is 3. The van der Waals surface area contributed by atoms with Gasteiger partial charge in [0.25, 0.3) is 5.92 Å². The number of fused-ring (bicyclic) bond motifs is 3. The van der Waals surface area contributed by atoms with Crippen LogP contribution in [0.3, 0.4) is 0 Å². The summed E-state index contributed by atoms with van der Waals surface area (Å²) in [4.78, 5) is 12.9. The van der Waals surface area contributed by atoms with Crippen LogP contribution >= 0.6 is 11.6 Å². The molecule has 2 saturated heterocycles. The van der Waals surface area contributed by atoms with Crippen LogP contribution in [0, 0.1) is 18.3 Å². The third-order valence-electron chi connectivity index (χ3n) is 8.40. The maximum absolute atomic E-state index is 14.9. The molecule has 0 N–H and O–H groups in total. The van der Waals surface area contributed by atoms with Gasteiger partial charge in [-0.15, -0.1) is 10.2 Å². The molecule has 1 spiro atoms. The number of nitrogens with zero attached hydrogens (tertiary/aromatic N) is 7. The Morgan fingerprint density at radius 2 is 1.89 bits per heavy atom. The SMILES string of the molecule is Cc1nccnc1N1CC2(CC(c3nnc4n3-c3ccc(Cl)cc3CN(CC(F)(F)C3COC3)C4)C2)C1. The lowest BCUT2D eigenvalue weighted by atomic mass is 9.57. The van der Waals surface area contributed by atoms with Crippen molar-refractivity contribution in [3.05, 3.63) is 58.5 Å². The van der Waals surface area contributed by atoms with Gasteiger partial charge in [-0.1, -0.05) is 11.6 Å². The minimum Gasteiger partial charge on any atom is -0.380 e. The molecule has 2 aromatic heterocycles. The van der Waals surface area contributed by atoms with E-state index in [1.54, 1.807) is 17.3 Å². The van der Waals surface area contributed by atoms with Gasteiger partial charge in [0.1, 0.15) is 11.6 Å². The average Bonchev–Trinajstić information content (AvgIpc) is 3.07. The van der Waals surface area contributed by atoms with Gasteiger partial charge < -0.3 is 9.64 Å². The zero-order valence-corrected chi connectivity index (χ0v) is 21.3. The second-order valence-electron chi connectivity index (χ2n) is 11.2. The zero-order chi connectivity index (χ0) is 25.4. The van der Waals surface area contributed by atoms with Crippen LogP contribution in [-0.2, 0) is 17.8 Å². The van der Waals surface area contributed by atoms with Crippen LogP contribution in [0.4, 0.5) is 14.6 Å². The van der Waals surface area contributed by atoms with Gasteiger partial charge in [0.05, 0.1) is 43.6 Å². The molecule has 4 aliphatic rings. The van der Waals surface area contributed by atoms with Crippen LogP contribution in [0.5, 0.6) is 0 Å². The van der Waals surface area contributed by atoms with Crippen molar-refractivity contribution >= 4 is 17.4 Å². The van der Waals surface area contributed by atoms with Crippen molar-refractivity contribution in [2.75, 3.05) is 37.7 Å². The summed E-state index contributed by atoms with van der Waals surface area (Å²) in [5.41, 5.74) is 3.05. The summed E-state index contributed by atoms with van der Waals surface area (Å²) in [6, 6.07) is 5.69. The summed E-state index contributed by atoms with van der Waals surface area (Å²) in [5, 5.41) is 9.70. The Balaban J connectivity index is 1.13. The predicted molar refractivity (Wildman–Crippen MR) is 133 cm³/mol. The molecule has 3 aromatic rings. The quantitative estimate of drug-likeness (QED) is 0.496. The van der Waals surface area contributed by atoms with E-state index in [9.17, 15) is 8.78 Å². The molecule has 0 radical (unpaired) electrons. The first-order chi connectivity index (χ1) is 17.8. The van der Waals surface area contributed by atoms with Gasteiger partial charge in [-0.05, 0) is 43.5 Å². The van der Waals surface area contributed by atoms with Crippen LogP contribution in [0.25, 0.3) is 5.69 Å². The van der Waals surface area contributed by atoms with Crippen LogP contribution in [-0.4, -0.2) is 68.4 Å². The highest BCUT2D eigenvalue weighted by Crippen LogP contribution is 2.56. The van der Waals surface area contributed by atoms with Gasteiger partial charge >= 0.3 is 0 Å². The van der Waals surface area contributed by atoms with E-state index in [2.05, 4.69) is 29.6 Å². The van der Waals surface area contributed by atoms with E-state index < -0.39 is 11.8 Å². The van der Waals surface area contributed by atoms with Gasteiger partial charge in [0.2, 0.25) is 0 Å². The number of hydrogen-bond donors (Lipinski definition) is 0. The Morgan fingerprint density at radius 1 is 1.11 bits per heavy atom. The molecule has 194 valence electrons. The highest BCUT2D eigenvalue weighted by molar-refractivity contribution is 6.30. The van der Waals surface area contributed by atoms with Crippen molar-refractivity contribution in [1.82, 2.24) is 29.6 Å². The Labute approximate surface area is 218 Å². The first-order valence-corrected chi connectivity index (χ1v) is 13.1. The smallest absolute Gasteiger partial charge is 0.267 e.